The molecule has 1 aromatic carbocycles. The monoisotopic (exact) mass is 279 g/mol. The van der Waals surface area contributed by atoms with E-state index >= 15 is 0 Å². The predicted octanol–water partition coefficient (Wildman–Crippen LogP) is 2.51. The van der Waals surface area contributed by atoms with E-state index < -0.39 is 0 Å². The summed E-state index contributed by atoms with van der Waals surface area (Å²) in [6.07, 6.45) is 6.97. The summed E-state index contributed by atoms with van der Waals surface area (Å²) in [5, 5.41) is 0. The maximum absolute atomic E-state index is 5.31. The van der Waals surface area contributed by atoms with Crippen molar-refractivity contribution in [1.82, 2.24) is 5.48 Å². The number of hydrogen-bond acceptors (Lipinski definition) is 3. The molecular formula is C12H10BrNO2. The number of ether oxygens (including phenoxy) is 1. The van der Waals surface area contributed by atoms with E-state index in [0.717, 1.165) is 15.9 Å². The van der Waals surface area contributed by atoms with Gasteiger partial charge in [-0.3, -0.25) is 10.3 Å². The molecule has 82 valence electrons. The lowest BCUT2D eigenvalue weighted by Gasteiger charge is -2.08. The molecule has 0 unspecified atom stereocenters. The molecule has 1 heterocycles. The Labute approximate surface area is 103 Å². The van der Waals surface area contributed by atoms with Crippen LogP contribution in [0.25, 0.3) is 0 Å². The molecule has 1 aliphatic rings. The summed E-state index contributed by atoms with van der Waals surface area (Å²) in [5.41, 5.74) is 3.79. The minimum atomic E-state index is -0.0731. The minimum absolute atomic E-state index is 0.0731. The molecule has 0 aliphatic carbocycles. The topological polar surface area (TPSA) is 30.5 Å². The van der Waals surface area contributed by atoms with Gasteiger partial charge in [0.2, 0.25) is 0 Å². The molecule has 1 N–H and O–H groups in total. The Morgan fingerprint density at radius 1 is 1.44 bits per heavy atom. The number of rotatable bonds is 3. The van der Waals surface area contributed by atoms with Gasteiger partial charge < -0.3 is 4.74 Å². The first-order valence-electron chi connectivity index (χ1n) is 4.75. The van der Waals surface area contributed by atoms with E-state index in [2.05, 4.69) is 27.3 Å². The fourth-order valence-corrected chi connectivity index (χ4v) is 1.70. The summed E-state index contributed by atoms with van der Waals surface area (Å²) in [4.78, 5) is 5.31. The van der Waals surface area contributed by atoms with Crippen molar-refractivity contribution in [3.63, 3.8) is 0 Å². The van der Waals surface area contributed by atoms with Gasteiger partial charge in [-0.05, 0) is 39.7 Å². The first-order chi connectivity index (χ1) is 7.79. The SMILES string of the molecule is C#CCOc1ccc([C@H]2C=C(Br)NO2)cc1. The molecule has 1 aliphatic heterocycles. The summed E-state index contributed by atoms with van der Waals surface area (Å²) in [6.45, 7) is 0.284. The van der Waals surface area contributed by atoms with Crippen LogP contribution in [0, 0.1) is 12.3 Å². The molecule has 0 radical (unpaired) electrons. The van der Waals surface area contributed by atoms with Crippen molar-refractivity contribution >= 4 is 15.9 Å². The molecule has 1 atom stereocenters. The molecule has 1 aromatic rings. The van der Waals surface area contributed by atoms with Gasteiger partial charge in [-0.15, -0.1) is 6.42 Å². The molecule has 3 nitrogen and oxygen atoms in total. The highest BCUT2D eigenvalue weighted by molar-refractivity contribution is 9.11. The van der Waals surface area contributed by atoms with E-state index in [1.807, 2.05) is 30.3 Å². The standard InChI is InChI=1S/C12H10BrNO2/c1-2-7-15-10-5-3-9(4-6-10)11-8-12(13)14-16-11/h1,3-6,8,11,14H,7H2/t11-/m1/s1. The van der Waals surface area contributed by atoms with Gasteiger partial charge in [0.05, 0.1) is 0 Å². The number of hydroxylamine groups is 1. The summed E-state index contributed by atoms with van der Waals surface area (Å²) in [5.74, 6) is 3.18. The molecule has 0 amide bonds. The maximum atomic E-state index is 5.31. The van der Waals surface area contributed by atoms with Crippen LogP contribution < -0.4 is 10.2 Å². The van der Waals surface area contributed by atoms with Gasteiger partial charge in [0.25, 0.3) is 0 Å². The van der Waals surface area contributed by atoms with E-state index in [0.29, 0.717) is 0 Å². The van der Waals surface area contributed by atoms with E-state index in [1.165, 1.54) is 0 Å². The van der Waals surface area contributed by atoms with E-state index in [1.54, 1.807) is 0 Å². The largest absolute Gasteiger partial charge is 0.481 e. The number of hydrogen-bond donors (Lipinski definition) is 1. The van der Waals surface area contributed by atoms with Crippen LogP contribution in [-0.2, 0) is 4.84 Å². The first kappa shape index (κ1) is 11.1. The average molecular weight is 280 g/mol. The third-order valence-corrected chi connectivity index (χ3v) is 2.54. The fourth-order valence-electron chi connectivity index (χ4n) is 1.36. The third kappa shape index (κ3) is 2.57. The van der Waals surface area contributed by atoms with Crippen LogP contribution in [0.3, 0.4) is 0 Å². The first-order valence-corrected chi connectivity index (χ1v) is 5.54. The van der Waals surface area contributed by atoms with Crippen LogP contribution in [0.5, 0.6) is 5.75 Å². The smallest absolute Gasteiger partial charge is 0.148 e. The molecule has 16 heavy (non-hydrogen) atoms. The van der Waals surface area contributed by atoms with Crippen molar-refractivity contribution < 1.29 is 9.57 Å². The zero-order chi connectivity index (χ0) is 11.4. The van der Waals surface area contributed by atoms with Gasteiger partial charge in [-0.25, -0.2) is 0 Å². The molecule has 2 rings (SSSR count). The number of benzene rings is 1. The summed E-state index contributed by atoms with van der Waals surface area (Å²) in [7, 11) is 0. The molecular weight excluding hydrogens is 270 g/mol. The second-order valence-electron chi connectivity index (χ2n) is 3.22. The van der Waals surface area contributed by atoms with Gasteiger partial charge in [0.15, 0.2) is 0 Å². The molecule has 0 saturated heterocycles. The van der Waals surface area contributed by atoms with E-state index in [-0.39, 0.29) is 12.7 Å². The highest BCUT2D eigenvalue weighted by Crippen LogP contribution is 2.27. The van der Waals surface area contributed by atoms with Gasteiger partial charge in [-0.2, -0.15) is 0 Å². The maximum Gasteiger partial charge on any atom is 0.148 e. The van der Waals surface area contributed by atoms with Crippen LogP contribution in [0.1, 0.15) is 11.7 Å². The van der Waals surface area contributed by atoms with Crippen molar-refractivity contribution in [1.29, 1.82) is 0 Å². The summed E-state index contributed by atoms with van der Waals surface area (Å²) >= 11 is 3.30. The lowest BCUT2D eigenvalue weighted by atomic mass is 10.1. The van der Waals surface area contributed by atoms with Crippen molar-refractivity contribution in [2.75, 3.05) is 6.61 Å². The van der Waals surface area contributed by atoms with Crippen molar-refractivity contribution in [2.24, 2.45) is 0 Å². The van der Waals surface area contributed by atoms with Gasteiger partial charge in [0.1, 0.15) is 23.1 Å². The lowest BCUT2D eigenvalue weighted by molar-refractivity contribution is 0.0458. The van der Waals surface area contributed by atoms with Crippen LogP contribution in [0.2, 0.25) is 0 Å². The zero-order valence-electron chi connectivity index (χ0n) is 8.44. The lowest BCUT2D eigenvalue weighted by Crippen LogP contribution is -2.05. The molecule has 4 heteroatoms. The van der Waals surface area contributed by atoms with Gasteiger partial charge in [0, 0.05) is 0 Å². The van der Waals surface area contributed by atoms with Crippen molar-refractivity contribution in [3.05, 3.63) is 40.5 Å². The molecule has 0 saturated carbocycles. The Hall–Kier alpha value is -1.44. The van der Waals surface area contributed by atoms with E-state index in [4.69, 9.17) is 16.0 Å². The number of terminal acetylenes is 1. The Bertz CT molecular complexity index is 433. The Morgan fingerprint density at radius 3 is 2.75 bits per heavy atom. The molecule has 0 aromatic heterocycles. The number of halogens is 1. The summed E-state index contributed by atoms with van der Waals surface area (Å²) < 4.78 is 6.11. The molecule has 0 fully saturated rings. The van der Waals surface area contributed by atoms with Gasteiger partial charge in [-0.1, -0.05) is 18.1 Å². The van der Waals surface area contributed by atoms with Crippen LogP contribution in [0.4, 0.5) is 0 Å². The predicted molar refractivity (Wildman–Crippen MR) is 64.7 cm³/mol. The van der Waals surface area contributed by atoms with Crippen molar-refractivity contribution in [2.45, 2.75) is 6.10 Å². The van der Waals surface area contributed by atoms with Crippen LogP contribution in [0.15, 0.2) is 34.9 Å². The Morgan fingerprint density at radius 2 is 2.19 bits per heavy atom. The third-order valence-electron chi connectivity index (χ3n) is 2.11. The van der Waals surface area contributed by atoms with Crippen LogP contribution >= 0.6 is 15.9 Å². The quantitative estimate of drug-likeness (QED) is 0.681. The minimum Gasteiger partial charge on any atom is -0.481 e. The Kier molecular flexibility index (Phi) is 3.50. The molecule has 0 spiro atoms. The average Bonchev–Trinajstić information content (AvgIpc) is 2.74. The Balaban J connectivity index is 2.05. The van der Waals surface area contributed by atoms with Crippen LogP contribution in [-0.4, -0.2) is 6.61 Å². The highest BCUT2D eigenvalue weighted by Gasteiger charge is 2.16. The highest BCUT2D eigenvalue weighted by atomic mass is 79.9. The zero-order valence-corrected chi connectivity index (χ0v) is 10.0. The normalized spacial score (nSPS) is 18.5. The fraction of sp³-hybridized carbons (Fsp3) is 0.167. The second-order valence-corrected chi connectivity index (χ2v) is 4.07. The molecule has 0 bridgehead atoms. The van der Waals surface area contributed by atoms with E-state index in [9.17, 15) is 0 Å². The summed E-state index contributed by atoms with van der Waals surface area (Å²) in [6, 6.07) is 7.63. The number of nitrogens with one attached hydrogen (secondary N) is 1. The second kappa shape index (κ2) is 5.06. The van der Waals surface area contributed by atoms with Crippen molar-refractivity contribution in [3.8, 4) is 18.1 Å². The van der Waals surface area contributed by atoms with Gasteiger partial charge >= 0.3 is 0 Å².